The first-order valence-corrected chi connectivity index (χ1v) is 6.60. The number of nitrogens with two attached hydrogens (primary N) is 1. The molecule has 1 atom stereocenters. The molecule has 0 fully saturated rings. The van der Waals surface area contributed by atoms with E-state index in [4.69, 9.17) is 11.1 Å². The van der Waals surface area contributed by atoms with E-state index in [1.165, 1.54) is 0 Å². The van der Waals surface area contributed by atoms with Gasteiger partial charge in [-0.25, -0.2) is 0 Å². The summed E-state index contributed by atoms with van der Waals surface area (Å²) in [7, 11) is 2.04. The number of anilines is 1. The first kappa shape index (κ1) is 14.0. The van der Waals surface area contributed by atoms with E-state index in [2.05, 4.69) is 34.7 Å². The highest BCUT2D eigenvalue weighted by Crippen LogP contribution is 2.24. The van der Waals surface area contributed by atoms with Gasteiger partial charge in [-0.15, -0.1) is 0 Å². The van der Waals surface area contributed by atoms with E-state index in [0.717, 1.165) is 28.7 Å². The number of nitrogen functional groups attached to an aromatic ring is 1. The van der Waals surface area contributed by atoms with Gasteiger partial charge >= 0.3 is 0 Å². The van der Waals surface area contributed by atoms with Crippen LogP contribution in [-0.4, -0.2) is 19.4 Å². The molecular weight excluding hydrogens is 278 g/mol. The van der Waals surface area contributed by atoms with Gasteiger partial charge in [0.15, 0.2) is 0 Å². The topological polar surface area (TPSA) is 53.1 Å². The van der Waals surface area contributed by atoms with E-state index in [-0.39, 0.29) is 5.84 Å². The maximum Gasteiger partial charge on any atom is 0.124 e. The van der Waals surface area contributed by atoms with Crippen LogP contribution in [0.2, 0.25) is 0 Å². The Morgan fingerprint density at radius 3 is 2.71 bits per heavy atom. The average molecular weight is 298 g/mol. The van der Waals surface area contributed by atoms with Gasteiger partial charge in [0.25, 0.3) is 0 Å². The Labute approximate surface area is 112 Å². The molecule has 0 radical (unpaired) electrons. The number of nitrogens with zero attached hydrogens (tertiary/aromatic N) is 1. The Balaban J connectivity index is 3.00. The van der Waals surface area contributed by atoms with Gasteiger partial charge < -0.3 is 10.6 Å². The van der Waals surface area contributed by atoms with Crippen molar-refractivity contribution in [2.45, 2.75) is 20.3 Å². The molecule has 1 aromatic carbocycles. The third-order valence-electron chi connectivity index (χ3n) is 2.94. The summed E-state index contributed by atoms with van der Waals surface area (Å²) in [6, 6.07) is 5.88. The summed E-state index contributed by atoms with van der Waals surface area (Å²) in [5.74, 6) is 0.737. The minimum absolute atomic E-state index is 0.109. The first-order valence-electron chi connectivity index (χ1n) is 5.80. The van der Waals surface area contributed by atoms with Crippen molar-refractivity contribution in [3.8, 4) is 0 Å². The predicted molar refractivity (Wildman–Crippen MR) is 77.9 cm³/mol. The van der Waals surface area contributed by atoms with Crippen molar-refractivity contribution in [2.75, 3.05) is 18.5 Å². The van der Waals surface area contributed by atoms with Gasteiger partial charge in [-0.05, 0) is 24.1 Å². The highest BCUT2D eigenvalue weighted by molar-refractivity contribution is 9.10. The molecule has 0 spiro atoms. The van der Waals surface area contributed by atoms with Crippen molar-refractivity contribution in [2.24, 2.45) is 11.7 Å². The maximum atomic E-state index is 7.62. The van der Waals surface area contributed by atoms with Gasteiger partial charge in [0.05, 0.1) is 0 Å². The fourth-order valence-electron chi connectivity index (χ4n) is 1.75. The zero-order chi connectivity index (χ0) is 13.0. The molecule has 0 bridgehead atoms. The molecule has 0 aliphatic rings. The van der Waals surface area contributed by atoms with Crippen molar-refractivity contribution in [1.82, 2.24) is 0 Å². The third-order valence-corrected chi connectivity index (χ3v) is 3.44. The minimum atomic E-state index is 0.109. The van der Waals surface area contributed by atoms with Gasteiger partial charge in [-0.3, -0.25) is 5.41 Å². The molecule has 0 heterocycles. The Morgan fingerprint density at radius 2 is 2.18 bits per heavy atom. The van der Waals surface area contributed by atoms with E-state index in [1.54, 1.807) is 0 Å². The molecule has 0 saturated heterocycles. The second-order valence-corrected chi connectivity index (χ2v) is 5.38. The van der Waals surface area contributed by atoms with Gasteiger partial charge in [0, 0.05) is 29.3 Å². The molecule has 0 amide bonds. The van der Waals surface area contributed by atoms with Crippen LogP contribution in [0.5, 0.6) is 0 Å². The van der Waals surface area contributed by atoms with Gasteiger partial charge in [0.2, 0.25) is 0 Å². The second-order valence-electron chi connectivity index (χ2n) is 4.47. The van der Waals surface area contributed by atoms with Gasteiger partial charge in [-0.1, -0.05) is 36.2 Å². The lowest BCUT2D eigenvalue weighted by Gasteiger charge is -2.25. The first-order chi connectivity index (χ1) is 7.95. The second kappa shape index (κ2) is 6.05. The summed E-state index contributed by atoms with van der Waals surface area (Å²) in [6.07, 6.45) is 1.15. The molecule has 0 saturated carbocycles. The van der Waals surface area contributed by atoms with Crippen LogP contribution in [0.4, 0.5) is 5.69 Å². The molecule has 3 nitrogen and oxygen atoms in total. The standard InChI is InChI=1S/C13H20BrN3/c1-4-9(2)8-17(3)12-6-5-10(14)7-11(12)13(15)16/h5-7,9H,4,8H2,1-3H3,(H3,15,16). The number of halogens is 1. The predicted octanol–water partition coefficient (Wildman–Crippen LogP) is 3.22. The van der Waals surface area contributed by atoms with Gasteiger partial charge in [0.1, 0.15) is 5.84 Å². The Bertz CT molecular complexity index is 404. The van der Waals surface area contributed by atoms with Crippen molar-refractivity contribution in [3.05, 3.63) is 28.2 Å². The van der Waals surface area contributed by atoms with Crippen molar-refractivity contribution in [1.29, 1.82) is 5.41 Å². The lowest BCUT2D eigenvalue weighted by atomic mass is 10.1. The van der Waals surface area contributed by atoms with Crippen molar-refractivity contribution < 1.29 is 0 Å². The minimum Gasteiger partial charge on any atom is -0.384 e. The maximum absolute atomic E-state index is 7.62. The number of amidine groups is 1. The SMILES string of the molecule is CCC(C)CN(C)c1ccc(Br)cc1C(=N)N. The lowest BCUT2D eigenvalue weighted by molar-refractivity contribution is 0.560. The number of hydrogen-bond donors (Lipinski definition) is 2. The van der Waals surface area contributed by atoms with Crippen LogP contribution < -0.4 is 10.6 Å². The summed E-state index contributed by atoms with van der Waals surface area (Å²) in [5, 5.41) is 7.62. The van der Waals surface area contributed by atoms with Crippen LogP contribution in [-0.2, 0) is 0 Å². The van der Waals surface area contributed by atoms with Crippen LogP contribution in [0, 0.1) is 11.3 Å². The summed E-state index contributed by atoms with van der Waals surface area (Å²) >= 11 is 3.41. The molecular formula is C13H20BrN3. The van der Waals surface area contributed by atoms with Crippen molar-refractivity contribution in [3.63, 3.8) is 0 Å². The van der Waals surface area contributed by atoms with Crippen LogP contribution in [0.15, 0.2) is 22.7 Å². The molecule has 1 aromatic rings. The van der Waals surface area contributed by atoms with E-state index in [9.17, 15) is 0 Å². The molecule has 1 rings (SSSR count). The number of benzene rings is 1. The smallest absolute Gasteiger partial charge is 0.124 e. The third kappa shape index (κ3) is 3.73. The summed E-state index contributed by atoms with van der Waals surface area (Å²) in [5.41, 5.74) is 7.42. The Kier molecular flexibility index (Phi) is 5.00. The quantitative estimate of drug-likeness (QED) is 0.648. The Morgan fingerprint density at radius 1 is 1.53 bits per heavy atom. The molecule has 0 aliphatic carbocycles. The monoisotopic (exact) mass is 297 g/mol. The molecule has 1 unspecified atom stereocenters. The number of nitrogens with one attached hydrogen (secondary N) is 1. The average Bonchev–Trinajstić information content (AvgIpc) is 2.28. The van der Waals surface area contributed by atoms with E-state index in [1.807, 2.05) is 25.2 Å². The summed E-state index contributed by atoms with van der Waals surface area (Å²) in [4.78, 5) is 2.16. The molecule has 0 aromatic heterocycles. The summed E-state index contributed by atoms with van der Waals surface area (Å²) in [6.45, 7) is 5.38. The van der Waals surface area contributed by atoms with Crippen LogP contribution in [0.25, 0.3) is 0 Å². The van der Waals surface area contributed by atoms with Crippen LogP contribution in [0.3, 0.4) is 0 Å². The number of rotatable bonds is 5. The Hall–Kier alpha value is -1.03. The molecule has 3 N–H and O–H groups in total. The van der Waals surface area contributed by atoms with Gasteiger partial charge in [-0.2, -0.15) is 0 Å². The molecule has 17 heavy (non-hydrogen) atoms. The summed E-state index contributed by atoms with van der Waals surface area (Å²) < 4.78 is 0.948. The number of hydrogen-bond acceptors (Lipinski definition) is 2. The highest BCUT2D eigenvalue weighted by Gasteiger charge is 2.12. The van der Waals surface area contributed by atoms with Crippen LogP contribution >= 0.6 is 15.9 Å². The molecule has 4 heteroatoms. The van der Waals surface area contributed by atoms with Crippen LogP contribution in [0.1, 0.15) is 25.8 Å². The fraction of sp³-hybridized carbons (Fsp3) is 0.462. The zero-order valence-electron chi connectivity index (χ0n) is 10.6. The molecule has 94 valence electrons. The lowest BCUT2D eigenvalue weighted by Crippen LogP contribution is -2.26. The zero-order valence-corrected chi connectivity index (χ0v) is 12.2. The largest absolute Gasteiger partial charge is 0.384 e. The van der Waals surface area contributed by atoms with E-state index < -0.39 is 0 Å². The van der Waals surface area contributed by atoms with E-state index >= 15 is 0 Å². The molecule has 0 aliphatic heterocycles. The normalized spacial score (nSPS) is 12.2. The van der Waals surface area contributed by atoms with Crippen molar-refractivity contribution >= 4 is 27.5 Å². The highest BCUT2D eigenvalue weighted by atomic mass is 79.9. The van der Waals surface area contributed by atoms with E-state index in [0.29, 0.717) is 5.92 Å². The fourth-order valence-corrected chi connectivity index (χ4v) is 2.11.